The molecule has 1 aromatic rings. The second-order valence-corrected chi connectivity index (χ2v) is 9.19. The summed E-state index contributed by atoms with van der Waals surface area (Å²) in [5, 5.41) is 0.704. The summed E-state index contributed by atoms with van der Waals surface area (Å²) in [4.78, 5) is 1.21. The Bertz CT molecular complexity index is 467. The first-order chi connectivity index (χ1) is 7.62. The van der Waals surface area contributed by atoms with Crippen LogP contribution in [0.4, 0.5) is 5.00 Å². The van der Waals surface area contributed by atoms with E-state index in [1.807, 2.05) is 12.1 Å². The molecule has 1 N–H and O–H groups in total. The summed E-state index contributed by atoms with van der Waals surface area (Å²) in [6, 6.07) is 3.83. The number of hydrogen-bond donors (Lipinski definition) is 1. The van der Waals surface area contributed by atoms with Gasteiger partial charge >= 0.3 is 0 Å². The van der Waals surface area contributed by atoms with E-state index < -0.39 is 14.8 Å². The Balaban J connectivity index is 2.80. The lowest BCUT2D eigenvalue weighted by Crippen LogP contribution is -2.33. The average molecular weight is 275 g/mol. The first kappa shape index (κ1) is 14.5. The molecule has 0 amide bonds. The Hall–Kier alpha value is -0.550. The predicted molar refractivity (Wildman–Crippen MR) is 75.2 cm³/mol. The molecule has 1 rings (SSSR count). The van der Waals surface area contributed by atoms with Crippen LogP contribution in [0.15, 0.2) is 12.1 Å². The maximum atomic E-state index is 11.9. The molecule has 0 bridgehead atoms. The van der Waals surface area contributed by atoms with Crippen molar-refractivity contribution in [3.8, 4) is 0 Å². The van der Waals surface area contributed by atoms with Gasteiger partial charge in [0, 0.05) is 4.88 Å². The molecule has 98 valence electrons. The molecule has 0 spiro atoms. The van der Waals surface area contributed by atoms with E-state index in [0.717, 1.165) is 6.42 Å². The van der Waals surface area contributed by atoms with E-state index >= 15 is 0 Å². The molecule has 0 atom stereocenters. The molecular weight excluding hydrogens is 254 g/mol. The summed E-state index contributed by atoms with van der Waals surface area (Å²) >= 11 is 1.51. The maximum Gasteiger partial charge on any atom is 0.238 e. The highest BCUT2D eigenvalue weighted by Gasteiger charge is 2.29. The van der Waals surface area contributed by atoms with E-state index in [2.05, 4.69) is 18.6 Å². The Morgan fingerprint density at radius 1 is 1.29 bits per heavy atom. The highest BCUT2D eigenvalue weighted by Crippen LogP contribution is 2.27. The number of anilines is 1. The summed E-state index contributed by atoms with van der Waals surface area (Å²) in [6.07, 6.45) is 0.988. The van der Waals surface area contributed by atoms with Crippen LogP contribution in [0.3, 0.4) is 0 Å². The van der Waals surface area contributed by atoms with Crippen LogP contribution >= 0.6 is 11.3 Å². The standard InChI is InChI=1S/C12H21NO2S2/c1-9(2)8-10-6-7-11(16-10)13-17(14,15)12(3,4)5/h6-7,9,13H,8H2,1-5H3. The molecule has 1 heterocycles. The third kappa shape index (κ3) is 4.00. The summed E-state index contributed by atoms with van der Waals surface area (Å²) in [5.41, 5.74) is 0. The molecule has 0 saturated heterocycles. The average Bonchev–Trinajstić information content (AvgIpc) is 2.48. The molecule has 0 aliphatic rings. The molecule has 0 saturated carbocycles. The van der Waals surface area contributed by atoms with E-state index in [4.69, 9.17) is 0 Å². The summed E-state index contributed by atoms with van der Waals surface area (Å²) in [6.45, 7) is 9.38. The molecule has 0 aliphatic heterocycles. The first-order valence-electron chi connectivity index (χ1n) is 5.73. The molecule has 17 heavy (non-hydrogen) atoms. The van der Waals surface area contributed by atoms with E-state index in [0.29, 0.717) is 10.9 Å². The Labute approximate surface area is 108 Å². The largest absolute Gasteiger partial charge is 0.274 e. The van der Waals surface area contributed by atoms with E-state index in [1.165, 1.54) is 16.2 Å². The molecule has 0 radical (unpaired) electrons. The lowest BCUT2D eigenvalue weighted by atomic mass is 10.1. The number of hydrogen-bond acceptors (Lipinski definition) is 3. The van der Waals surface area contributed by atoms with Crippen molar-refractivity contribution in [2.45, 2.75) is 45.8 Å². The van der Waals surface area contributed by atoms with Crippen molar-refractivity contribution in [2.24, 2.45) is 5.92 Å². The zero-order valence-corrected chi connectivity index (χ0v) is 12.7. The lowest BCUT2D eigenvalue weighted by Gasteiger charge is -2.19. The fourth-order valence-corrected chi connectivity index (χ4v) is 3.34. The number of nitrogens with one attached hydrogen (secondary N) is 1. The summed E-state index contributed by atoms with van der Waals surface area (Å²) in [7, 11) is -3.31. The van der Waals surface area contributed by atoms with Gasteiger partial charge < -0.3 is 0 Å². The van der Waals surface area contributed by atoms with Gasteiger partial charge in [0.25, 0.3) is 0 Å². The minimum Gasteiger partial charge on any atom is -0.274 e. The fraction of sp³-hybridized carbons (Fsp3) is 0.667. The number of thiophene rings is 1. The van der Waals surface area contributed by atoms with Crippen LogP contribution in [0.25, 0.3) is 0 Å². The minimum atomic E-state index is -3.31. The van der Waals surface area contributed by atoms with Crippen molar-refractivity contribution in [1.82, 2.24) is 0 Å². The van der Waals surface area contributed by atoms with Crippen molar-refractivity contribution in [3.63, 3.8) is 0 Å². The van der Waals surface area contributed by atoms with Crippen molar-refractivity contribution < 1.29 is 8.42 Å². The van der Waals surface area contributed by atoms with Gasteiger partial charge in [0.1, 0.15) is 5.00 Å². The monoisotopic (exact) mass is 275 g/mol. The van der Waals surface area contributed by atoms with Crippen LogP contribution in [-0.4, -0.2) is 13.2 Å². The van der Waals surface area contributed by atoms with Gasteiger partial charge in [-0.3, -0.25) is 4.72 Å². The third-order valence-corrected chi connectivity index (χ3v) is 5.57. The van der Waals surface area contributed by atoms with Crippen molar-refractivity contribution >= 4 is 26.4 Å². The van der Waals surface area contributed by atoms with E-state index in [-0.39, 0.29) is 0 Å². The molecule has 1 aromatic heterocycles. The van der Waals surface area contributed by atoms with Crippen molar-refractivity contribution in [2.75, 3.05) is 4.72 Å². The second-order valence-electron chi connectivity index (χ2n) is 5.58. The molecule has 3 nitrogen and oxygen atoms in total. The van der Waals surface area contributed by atoms with Crippen LogP contribution in [-0.2, 0) is 16.4 Å². The zero-order valence-electron chi connectivity index (χ0n) is 11.1. The topological polar surface area (TPSA) is 46.2 Å². The molecule has 0 unspecified atom stereocenters. The SMILES string of the molecule is CC(C)Cc1ccc(NS(=O)(=O)C(C)(C)C)s1. The maximum absolute atomic E-state index is 11.9. The van der Waals surface area contributed by atoms with Crippen molar-refractivity contribution in [3.05, 3.63) is 17.0 Å². The smallest absolute Gasteiger partial charge is 0.238 e. The predicted octanol–water partition coefficient (Wildman–Crippen LogP) is 3.49. The Morgan fingerprint density at radius 3 is 2.35 bits per heavy atom. The summed E-state index contributed by atoms with van der Waals surface area (Å²) in [5.74, 6) is 0.584. The van der Waals surface area contributed by atoms with Gasteiger partial charge in [-0.1, -0.05) is 13.8 Å². The van der Waals surface area contributed by atoms with Gasteiger partial charge in [-0.05, 0) is 45.2 Å². The van der Waals surface area contributed by atoms with E-state index in [1.54, 1.807) is 20.8 Å². The van der Waals surface area contributed by atoms with Crippen molar-refractivity contribution in [1.29, 1.82) is 0 Å². The molecule has 0 aliphatic carbocycles. The highest BCUT2D eigenvalue weighted by atomic mass is 32.2. The van der Waals surface area contributed by atoms with Gasteiger partial charge in [-0.2, -0.15) is 0 Å². The minimum absolute atomic E-state index is 0.584. The van der Waals surface area contributed by atoms with Crippen LogP contribution in [0.2, 0.25) is 0 Å². The Kier molecular flexibility index (Phi) is 4.25. The fourth-order valence-electron chi connectivity index (χ4n) is 1.23. The number of rotatable bonds is 4. The molecule has 5 heteroatoms. The van der Waals surface area contributed by atoms with Gasteiger partial charge in [0.15, 0.2) is 0 Å². The Morgan fingerprint density at radius 2 is 1.88 bits per heavy atom. The van der Waals surface area contributed by atoms with Gasteiger partial charge in [-0.25, -0.2) is 8.42 Å². The molecule has 0 fully saturated rings. The highest BCUT2D eigenvalue weighted by molar-refractivity contribution is 7.94. The van der Waals surface area contributed by atoms with E-state index in [9.17, 15) is 8.42 Å². The van der Waals surface area contributed by atoms with Crippen LogP contribution in [0.5, 0.6) is 0 Å². The van der Waals surface area contributed by atoms with Crippen LogP contribution < -0.4 is 4.72 Å². The van der Waals surface area contributed by atoms with Gasteiger partial charge in [-0.15, -0.1) is 11.3 Å². The first-order valence-corrected chi connectivity index (χ1v) is 8.03. The molecular formula is C12H21NO2S2. The quantitative estimate of drug-likeness (QED) is 0.914. The number of sulfonamides is 1. The second kappa shape index (κ2) is 4.98. The van der Waals surface area contributed by atoms with Crippen LogP contribution in [0, 0.1) is 5.92 Å². The molecule has 0 aromatic carbocycles. The third-order valence-electron chi connectivity index (χ3n) is 2.31. The van der Waals surface area contributed by atoms with Crippen LogP contribution in [0.1, 0.15) is 39.5 Å². The normalized spacial score (nSPS) is 13.1. The van der Waals surface area contributed by atoms with Gasteiger partial charge in [0.2, 0.25) is 10.0 Å². The lowest BCUT2D eigenvalue weighted by molar-refractivity contribution is 0.566. The summed E-state index contributed by atoms with van der Waals surface area (Å²) < 4.78 is 25.8. The zero-order chi connectivity index (χ0) is 13.3. The van der Waals surface area contributed by atoms with Gasteiger partial charge in [0.05, 0.1) is 4.75 Å².